The Bertz CT molecular complexity index is 405. The maximum Gasteiger partial charge on any atom is 0.164 e. The normalized spacial score (nSPS) is 13.8. The number of hydrogen-bond acceptors (Lipinski definition) is 5. The van der Waals surface area contributed by atoms with Crippen LogP contribution in [0, 0.1) is 5.92 Å². The molecular weight excluding hydrogens is 246 g/mol. The summed E-state index contributed by atoms with van der Waals surface area (Å²) in [5.41, 5.74) is 7.02. The topological polar surface area (TPSA) is 73.9 Å². The first-order valence-electron chi connectivity index (χ1n) is 6.29. The van der Waals surface area contributed by atoms with Gasteiger partial charge in [0.1, 0.15) is 5.75 Å². The van der Waals surface area contributed by atoms with Gasteiger partial charge in [-0.1, -0.05) is 6.92 Å². The number of aliphatic hydroxyl groups excluding tert-OH is 1. The first kappa shape index (κ1) is 15.6. The zero-order valence-corrected chi connectivity index (χ0v) is 12.0. The van der Waals surface area contributed by atoms with Crippen LogP contribution in [0.3, 0.4) is 0 Å². The van der Waals surface area contributed by atoms with E-state index in [1.54, 1.807) is 33.5 Å². The van der Waals surface area contributed by atoms with Crippen molar-refractivity contribution in [1.29, 1.82) is 0 Å². The molecule has 2 atom stereocenters. The van der Waals surface area contributed by atoms with Crippen LogP contribution in [0.25, 0.3) is 0 Å². The maximum atomic E-state index is 9.37. The Labute approximate surface area is 114 Å². The number of benzene rings is 1. The number of aliphatic hydroxyl groups is 1. The van der Waals surface area contributed by atoms with E-state index in [1.165, 1.54) is 0 Å². The highest BCUT2D eigenvalue weighted by Gasteiger charge is 2.23. The summed E-state index contributed by atoms with van der Waals surface area (Å²) in [5.74, 6) is 1.80. The van der Waals surface area contributed by atoms with E-state index in [9.17, 15) is 5.11 Å². The Morgan fingerprint density at radius 2 is 1.58 bits per heavy atom. The highest BCUT2D eigenvalue weighted by molar-refractivity contribution is 5.51. The van der Waals surface area contributed by atoms with Gasteiger partial charge in [0.25, 0.3) is 0 Å². The van der Waals surface area contributed by atoms with Crippen molar-refractivity contribution < 1.29 is 19.3 Å². The average molecular weight is 269 g/mol. The van der Waals surface area contributed by atoms with Crippen molar-refractivity contribution in [1.82, 2.24) is 0 Å². The van der Waals surface area contributed by atoms with Crippen LogP contribution in [0.4, 0.5) is 0 Å². The highest BCUT2D eigenvalue weighted by atomic mass is 16.5. The Morgan fingerprint density at radius 3 is 2.00 bits per heavy atom. The van der Waals surface area contributed by atoms with Gasteiger partial charge in [0.2, 0.25) is 0 Å². The predicted molar refractivity (Wildman–Crippen MR) is 73.9 cm³/mol. The van der Waals surface area contributed by atoms with Crippen molar-refractivity contribution in [2.45, 2.75) is 19.4 Å². The fourth-order valence-corrected chi connectivity index (χ4v) is 2.06. The lowest BCUT2D eigenvalue weighted by Crippen LogP contribution is -2.24. The Morgan fingerprint density at radius 1 is 1.05 bits per heavy atom. The van der Waals surface area contributed by atoms with Gasteiger partial charge in [-0.2, -0.15) is 0 Å². The summed E-state index contributed by atoms with van der Waals surface area (Å²) in [6.07, 6.45) is 0.787. The van der Waals surface area contributed by atoms with Crippen LogP contribution in [-0.2, 0) is 0 Å². The second kappa shape index (κ2) is 7.21. The fourth-order valence-electron chi connectivity index (χ4n) is 2.06. The molecule has 0 fully saturated rings. The average Bonchev–Trinajstić information content (AvgIpc) is 2.46. The third kappa shape index (κ3) is 3.30. The second-order valence-electron chi connectivity index (χ2n) is 4.33. The first-order valence-corrected chi connectivity index (χ1v) is 6.29. The minimum absolute atomic E-state index is 0.0213. The summed E-state index contributed by atoms with van der Waals surface area (Å²) in [6.45, 7) is 2.03. The molecule has 0 saturated carbocycles. The van der Waals surface area contributed by atoms with E-state index in [1.807, 2.05) is 6.92 Å². The van der Waals surface area contributed by atoms with E-state index in [2.05, 4.69) is 0 Å². The van der Waals surface area contributed by atoms with Gasteiger partial charge in [-0.05, 0) is 12.5 Å². The SMILES string of the molecule is CCC(CO)C(N)c1cc(OC)c(OC)cc1OC. The largest absolute Gasteiger partial charge is 0.496 e. The standard InChI is InChI=1S/C14H23NO4/c1-5-9(8-16)14(15)10-6-12(18-3)13(19-4)7-11(10)17-2/h6-7,9,14,16H,5,8,15H2,1-4H3. The molecule has 2 unspecified atom stereocenters. The van der Waals surface area contributed by atoms with Crippen LogP contribution in [0.2, 0.25) is 0 Å². The molecule has 0 aliphatic heterocycles. The van der Waals surface area contributed by atoms with Crippen molar-refractivity contribution in [2.24, 2.45) is 11.7 Å². The third-order valence-corrected chi connectivity index (χ3v) is 3.36. The lowest BCUT2D eigenvalue weighted by molar-refractivity contribution is 0.199. The predicted octanol–water partition coefficient (Wildman–Crippen LogP) is 1.73. The van der Waals surface area contributed by atoms with E-state index in [4.69, 9.17) is 19.9 Å². The van der Waals surface area contributed by atoms with Gasteiger partial charge in [0.05, 0.1) is 21.3 Å². The smallest absolute Gasteiger partial charge is 0.164 e. The molecular formula is C14H23NO4. The van der Waals surface area contributed by atoms with Crippen LogP contribution in [0.1, 0.15) is 24.9 Å². The molecule has 0 saturated heterocycles. The minimum Gasteiger partial charge on any atom is -0.496 e. The van der Waals surface area contributed by atoms with Crippen LogP contribution >= 0.6 is 0 Å². The Balaban J connectivity index is 3.24. The first-order chi connectivity index (χ1) is 9.12. The van der Waals surface area contributed by atoms with Crippen molar-refractivity contribution in [3.05, 3.63) is 17.7 Å². The van der Waals surface area contributed by atoms with E-state index < -0.39 is 0 Å². The molecule has 0 heterocycles. The molecule has 1 aromatic rings. The molecule has 0 aromatic heterocycles. The lowest BCUT2D eigenvalue weighted by atomic mass is 9.91. The van der Waals surface area contributed by atoms with Gasteiger partial charge in [-0.3, -0.25) is 0 Å². The number of hydrogen-bond donors (Lipinski definition) is 2. The van der Waals surface area contributed by atoms with Crippen LogP contribution in [0.5, 0.6) is 17.2 Å². The Hall–Kier alpha value is -1.46. The van der Waals surface area contributed by atoms with Crippen molar-refractivity contribution in [3.8, 4) is 17.2 Å². The second-order valence-corrected chi connectivity index (χ2v) is 4.33. The molecule has 0 amide bonds. The van der Waals surface area contributed by atoms with Crippen molar-refractivity contribution in [3.63, 3.8) is 0 Å². The molecule has 0 radical (unpaired) electrons. The molecule has 0 spiro atoms. The maximum absolute atomic E-state index is 9.37. The van der Waals surface area contributed by atoms with Crippen molar-refractivity contribution in [2.75, 3.05) is 27.9 Å². The van der Waals surface area contributed by atoms with E-state index >= 15 is 0 Å². The molecule has 19 heavy (non-hydrogen) atoms. The fraction of sp³-hybridized carbons (Fsp3) is 0.571. The summed E-state index contributed by atoms with van der Waals surface area (Å²) in [5, 5.41) is 9.37. The summed E-state index contributed by atoms with van der Waals surface area (Å²) in [4.78, 5) is 0. The highest BCUT2D eigenvalue weighted by Crippen LogP contribution is 2.39. The van der Waals surface area contributed by atoms with Gasteiger partial charge in [-0.15, -0.1) is 0 Å². The summed E-state index contributed by atoms with van der Waals surface area (Å²) < 4.78 is 15.9. The molecule has 0 aliphatic carbocycles. The van der Waals surface area contributed by atoms with Gasteiger partial charge >= 0.3 is 0 Å². The molecule has 0 bridgehead atoms. The van der Waals surface area contributed by atoms with Gasteiger partial charge in [-0.25, -0.2) is 0 Å². The van der Waals surface area contributed by atoms with Crippen LogP contribution in [-0.4, -0.2) is 33.0 Å². The van der Waals surface area contributed by atoms with E-state index in [0.29, 0.717) is 17.2 Å². The van der Waals surface area contributed by atoms with Crippen LogP contribution < -0.4 is 19.9 Å². The molecule has 0 aliphatic rings. The zero-order chi connectivity index (χ0) is 14.4. The summed E-state index contributed by atoms with van der Waals surface area (Å²) in [7, 11) is 4.72. The van der Waals surface area contributed by atoms with Crippen molar-refractivity contribution >= 4 is 0 Å². The molecule has 3 N–H and O–H groups in total. The van der Waals surface area contributed by atoms with Gasteiger partial charge in [0, 0.05) is 30.2 Å². The Kier molecular flexibility index (Phi) is 5.92. The monoisotopic (exact) mass is 269 g/mol. The summed E-state index contributed by atoms with van der Waals surface area (Å²) >= 11 is 0. The molecule has 5 heteroatoms. The zero-order valence-electron chi connectivity index (χ0n) is 12.0. The molecule has 1 aromatic carbocycles. The number of ether oxygens (including phenoxy) is 3. The minimum atomic E-state index is -0.315. The third-order valence-electron chi connectivity index (χ3n) is 3.36. The number of methoxy groups -OCH3 is 3. The lowest BCUT2D eigenvalue weighted by Gasteiger charge is -2.24. The summed E-state index contributed by atoms with van der Waals surface area (Å²) in [6, 6.07) is 3.24. The number of nitrogens with two attached hydrogens (primary N) is 1. The molecule has 1 rings (SSSR count). The van der Waals surface area contributed by atoms with Gasteiger partial charge in [0.15, 0.2) is 11.5 Å². The molecule has 108 valence electrons. The van der Waals surface area contributed by atoms with Gasteiger partial charge < -0.3 is 25.1 Å². The van der Waals surface area contributed by atoms with Crippen LogP contribution in [0.15, 0.2) is 12.1 Å². The quantitative estimate of drug-likeness (QED) is 0.788. The molecule has 5 nitrogen and oxygen atoms in total. The van der Waals surface area contributed by atoms with E-state index in [-0.39, 0.29) is 18.6 Å². The number of rotatable bonds is 7. The van der Waals surface area contributed by atoms with E-state index in [0.717, 1.165) is 12.0 Å².